The zero-order valence-corrected chi connectivity index (χ0v) is 12.1. The number of aliphatic carboxylic acids is 1. The summed E-state index contributed by atoms with van der Waals surface area (Å²) in [4.78, 5) is 21.9. The zero-order valence-electron chi connectivity index (χ0n) is 11.3. The van der Waals surface area contributed by atoms with E-state index in [1.165, 1.54) is 6.92 Å². The van der Waals surface area contributed by atoms with Crippen LogP contribution in [0.5, 0.6) is 0 Å². The molecule has 0 heterocycles. The Morgan fingerprint density at radius 2 is 2.16 bits per heavy atom. The summed E-state index contributed by atoms with van der Waals surface area (Å²) in [6.07, 6.45) is 3.51. The summed E-state index contributed by atoms with van der Waals surface area (Å²) in [5.74, 6) is -1.62. The van der Waals surface area contributed by atoms with Crippen molar-refractivity contribution in [3.8, 4) is 0 Å². The number of carbonyl (C=O) groups excluding carboxylic acids is 1. The van der Waals surface area contributed by atoms with Crippen molar-refractivity contribution in [2.24, 2.45) is 0 Å². The van der Waals surface area contributed by atoms with Crippen LogP contribution in [0.4, 0.5) is 0 Å². The fourth-order valence-electron chi connectivity index (χ4n) is 2.28. The van der Waals surface area contributed by atoms with Crippen LogP contribution in [0.15, 0.2) is 0 Å². The van der Waals surface area contributed by atoms with Crippen molar-refractivity contribution in [3.63, 3.8) is 0 Å². The van der Waals surface area contributed by atoms with Crippen LogP contribution in [0.2, 0.25) is 0 Å². The highest BCUT2D eigenvalue weighted by molar-refractivity contribution is 7.85. The number of hydrogen-bond acceptors (Lipinski definition) is 4. The molecule has 6 nitrogen and oxygen atoms in total. The SMILES string of the molecule is COC1CCCC(S(=O)C[C@H](NC(C)=O)C(=O)O)C1. The van der Waals surface area contributed by atoms with Crippen molar-refractivity contribution in [2.45, 2.75) is 50.0 Å². The third-order valence-corrected chi connectivity index (χ3v) is 5.12. The van der Waals surface area contributed by atoms with Crippen LogP contribution in [-0.2, 0) is 25.1 Å². The number of amides is 1. The molecule has 1 rings (SSSR count). The van der Waals surface area contributed by atoms with Crippen LogP contribution in [-0.4, -0.2) is 51.5 Å². The maximum absolute atomic E-state index is 12.2. The summed E-state index contributed by atoms with van der Waals surface area (Å²) >= 11 is 0. The van der Waals surface area contributed by atoms with Gasteiger partial charge in [0.15, 0.2) is 0 Å². The van der Waals surface area contributed by atoms with Gasteiger partial charge in [0.05, 0.1) is 11.9 Å². The van der Waals surface area contributed by atoms with Gasteiger partial charge >= 0.3 is 5.97 Å². The Bertz CT molecular complexity index is 360. The van der Waals surface area contributed by atoms with Gasteiger partial charge in [0.2, 0.25) is 5.91 Å². The average Bonchev–Trinajstić information content (AvgIpc) is 2.37. The summed E-state index contributed by atoms with van der Waals surface area (Å²) in [6, 6.07) is -1.08. The van der Waals surface area contributed by atoms with E-state index in [0.717, 1.165) is 19.3 Å². The fraction of sp³-hybridized carbons (Fsp3) is 0.833. The van der Waals surface area contributed by atoms with Gasteiger partial charge in [-0.2, -0.15) is 0 Å². The standard InChI is InChI=1S/C12H21NO5S/c1-8(14)13-11(12(15)16)7-19(17)10-5-3-4-9(6-10)18-2/h9-11H,3-7H2,1-2H3,(H,13,14)(H,15,16)/t9?,10?,11-,19?/m0/s1. The molecule has 3 unspecified atom stereocenters. The molecule has 1 saturated carbocycles. The molecule has 0 aromatic rings. The van der Waals surface area contributed by atoms with Crippen molar-refractivity contribution in [1.29, 1.82) is 0 Å². The quantitative estimate of drug-likeness (QED) is 0.733. The normalized spacial score (nSPS) is 26.4. The van der Waals surface area contributed by atoms with Gasteiger partial charge in [-0.25, -0.2) is 4.79 Å². The van der Waals surface area contributed by atoms with Gasteiger partial charge in [0.1, 0.15) is 6.04 Å². The number of rotatable bonds is 6. The maximum Gasteiger partial charge on any atom is 0.327 e. The van der Waals surface area contributed by atoms with Gasteiger partial charge < -0.3 is 15.2 Å². The van der Waals surface area contributed by atoms with Crippen LogP contribution >= 0.6 is 0 Å². The van der Waals surface area contributed by atoms with Crippen LogP contribution < -0.4 is 5.32 Å². The van der Waals surface area contributed by atoms with Crippen LogP contribution in [0, 0.1) is 0 Å². The van der Waals surface area contributed by atoms with Crippen LogP contribution in [0.3, 0.4) is 0 Å². The molecule has 0 radical (unpaired) electrons. The Kier molecular flexibility index (Phi) is 6.44. The van der Waals surface area contributed by atoms with Gasteiger partial charge in [-0.3, -0.25) is 9.00 Å². The molecule has 19 heavy (non-hydrogen) atoms. The topological polar surface area (TPSA) is 92.7 Å². The first kappa shape index (κ1) is 16.1. The molecular formula is C12H21NO5S. The summed E-state index contributed by atoms with van der Waals surface area (Å²) in [5.41, 5.74) is 0. The zero-order chi connectivity index (χ0) is 14.4. The van der Waals surface area contributed by atoms with E-state index in [9.17, 15) is 13.8 Å². The predicted molar refractivity (Wildman–Crippen MR) is 71.3 cm³/mol. The first-order valence-corrected chi connectivity index (χ1v) is 7.72. The van der Waals surface area contributed by atoms with Gasteiger partial charge in [-0.1, -0.05) is 0 Å². The molecule has 1 aliphatic carbocycles. The first-order chi connectivity index (χ1) is 8.93. The number of hydrogen-bond donors (Lipinski definition) is 2. The van der Waals surface area contributed by atoms with Crippen LogP contribution in [0.25, 0.3) is 0 Å². The van der Waals surface area contributed by atoms with E-state index < -0.39 is 28.7 Å². The molecule has 1 amide bonds. The number of carboxylic acid groups (broad SMARTS) is 1. The summed E-state index contributed by atoms with van der Waals surface area (Å²) < 4.78 is 17.5. The highest BCUT2D eigenvalue weighted by Gasteiger charge is 2.30. The van der Waals surface area contributed by atoms with E-state index >= 15 is 0 Å². The second-order valence-electron chi connectivity index (χ2n) is 4.79. The van der Waals surface area contributed by atoms with Gasteiger partial charge in [0, 0.05) is 30.1 Å². The summed E-state index contributed by atoms with van der Waals surface area (Å²) in [5, 5.41) is 11.3. The average molecular weight is 291 g/mol. The van der Waals surface area contributed by atoms with Gasteiger partial charge in [-0.15, -0.1) is 0 Å². The first-order valence-electron chi connectivity index (χ1n) is 6.34. The molecule has 0 aliphatic heterocycles. The highest BCUT2D eigenvalue weighted by atomic mass is 32.2. The second kappa shape index (κ2) is 7.59. The Morgan fingerprint density at radius 3 is 2.68 bits per heavy atom. The largest absolute Gasteiger partial charge is 0.480 e. The fourth-order valence-corrected chi connectivity index (χ4v) is 3.96. The number of ether oxygens (including phenoxy) is 1. The lowest BCUT2D eigenvalue weighted by atomic mass is 9.97. The molecule has 1 aliphatic rings. The Labute approximate surface area is 115 Å². The molecule has 0 aromatic heterocycles. The summed E-state index contributed by atoms with van der Waals surface area (Å²) in [6.45, 7) is 1.25. The molecule has 0 saturated heterocycles. The van der Waals surface area contributed by atoms with E-state index in [1.807, 2.05) is 0 Å². The number of carboxylic acids is 1. The van der Waals surface area contributed by atoms with Gasteiger partial charge in [0.25, 0.3) is 0 Å². The molecule has 110 valence electrons. The third-order valence-electron chi connectivity index (χ3n) is 3.29. The summed E-state index contributed by atoms with van der Waals surface area (Å²) in [7, 11) is 0.361. The molecule has 2 N–H and O–H groups in total. The van der Waals surface area contributed by atoms with Crippen molar-refractivity contribution in [1.82, 2.24) is 5.32 Å². The van der Waals surface area contributed by atoms with Crippen LogP contribution in [0.1, 0.15) is 32.6 Å². The number of methoxy groups -OCH3 is 1. The van der Waals surface area contributed by atoms with Crippen molar-refractivity contribution < 1.29 is 23.6 Å². The van der Waals surface area contributed by atoms with E-state index in [4.69, 9.17) is 9.84 Å². The predicted octanol–water partition coefficient (Wildman–Crippen LogP) is 0.282. The second-order valence-corrected chi connectivity index (χ2v) is 6.55. The Hall–Kier alpha value is -0.950. The minimum absolute atomic E-state index is 0.0456. The number of nitrogens with one attached hydrogen (secondary N) is 1. The minimum atomic E-state index is -1.27. The Balaban J connectivity index is 2.56. The van der Waals surface area contributed by atoms with Crippen molar-refractivity contribution in [2.75, 3.05) is 12.9 Å². The third kappa shape index (κ3) is 5.28. The minimum Gasteiger partial charge on any atom is -0.480 e. The molecule has 1 fully saturated rings. The molecular weight excluding hydrogens is 270 g/mol. The highest BCUT2D eigenvalue weighted by Crippen LogP contribution is 2.24. The smallest absolute Gasteiger partial charge is 0.327 e. The molecule has 0 aromatic carbocycles. The molecule has 4 atom stereocenters. The van der Waals surface area contributed by atoms with Crippen molar-refractivity contribution in [3.05, 3.63) is 0 Å². The maximum atomic E-state index is 12.2. The number of carbonyl (C=O) groups is 2. The molecule has 0 bridgehead atoms. The lowest BCUT2D eigenvalue weighted by Crippen LogP contribution is -2.45. The van der Waals surface area contributed by atoms with E-state index in [1.54, 1.807) is 7.11 Å². The van der Waals surface area contributed by atoms with E-state index in [-0.39, 0.29) is 17.1 Å². The van der Waals surface area contributed by atoms with Gasteiger partial charge in [-0.05, 0) is 25.7 Å². The Morgan fingerprint density at radius 1 is 1.47 bits per heavy atom. The molecule has 7 heteroatoms. The van der Waals surface area contributed by atoms with Crippen molar-refractivity contribution >= 4 is 22.7 Å². The van der Waals surface area contributed by atoms with E-state index in [2.05, 4.69) is 5.32 Å². The lowest BCUT2D eigenvalue weighted by molar-refractivity contribution is -0.140. The molecule has 0 spiro atoms. The van der Waals surface area contributed by atoms with E-state index in [0.29, 0.717) is 6.42 Å². The lowest BCUT2D eigenvalue weighted by Gasteiger charge is -2.28. The monoisotopic (exact) mass is 291 g/mol.